The molecule has 0 radical (unpaired) electrons. The third-order valence-corrected chi connectivity index (χ3v) is 2.73. The first-order valence-corrected chi connectivity index (χ1v) is 4.84. The summed E-state index contributed by atoms with van der Waals surface area (Å²) in [7, 11) is 0. The third-order valence-electron chi connectivity index (χ3n) is 2.73. The summed E-state index contributed by atoms with van der Waals surface area (Å²) in [6.07, 6.45) is 6.79. The Morgan fingerprint density at radius 2 is 2.08 bits per heavy atom. The first-order chi connectivity index (χ1) is 6.35. The van der Waals surface area contributed by atoms with Gasteiger partial charge < -0.3 is 14.7 Å². The molecule has 0 amide bonds. The Morgan fingerprint density at radius 3 is 2.77 bits per heavy atom. The van der Waals surface area contributed by atoms with Gasteiger partial charge >= 0.3 is 0 Å². The van der Waals surface area contributed by atoms with Gasteiger partial charge in [-0.2, -0.15) is 0 Å². The van der Waals surface area contributed by atoms with Crippen molar-refractivity contribution >= 4 is 6.21 Å². The quantitative estimate of drug-likeness (QED) is 0.383. The fraction of sp³-hybridized carbons (Fsp3) is 0.889. The van der Waals surface area contributed by atoms with Gasteiger partial charge in [0.25, 0.3) is 0 Å². The number of hydrogen-bond acceptors (Lipinski definition) is 4. The lowest BCUT2D eigenvalue weighted by atomic mass is 9.94. The van der Waals surface area contributed by atoms with Crippen LogP contribution in [-0.4, -0.2) is 29.9 Å². The molecule has 74 valence electrons. The summed E-state index contributed by atoms with van der Waals surface area (Å²) in [6.45, 7) is 0.518. The van der Waals surface area contributed by atoms with Crippen LogP contribution in [0, 0.1) is 0 Å². The smallest absolute Gasteiger partial charge is 0.169 e. The van der Waals surface area contributed by atoms with Crippen molar-refractivity contribution in [3.05, 3.63) is 0 Å². The van der Waals surface area contributed by atoms with Gasteiger partial charge in [0.15, 0.2) is 5.79 Å². The minimum Gasteiger partial charge on any atom is -0.411 e. The van der Waals surface area contributed by atoms with Gasteiger partial charge in [-0.3, -0.25) is 0 Å². The van der Waals surface area contributed by atoms with E-state index in [0.29, 0.717) is 6.61 Å². The van der Waals surface area contributed by atoms with Crippen LogP contribution in [0.25, 0.3) is 0 Å². The lowest BCUT2D eigenvalue weighted by Crippen LogP contribution is -2.33. The molecule has 1 spiro atoms. The Balaban J connectivity index is 1.94. The van der Waals surface area contributed by atoms with Crippen LogP contribution in [0.2, 0.25) is 0 Å². The van der Waals surface area contributed by atoms with E-state index in [1.807, 2.05) is 0 Å². The van der Waals surface area contributed by atoms with E-state index < -0.39 is 0 Å². The molecule has 1 saturated carbocycles. The molecule has 1 aliphatic heterocycles. The highest BCUT2D eigenvalue weighted by Gasteiger charge is 2.41. The molecular formula is C9H15NO3. The molecule has 0 aromatic carbocycles. The molecule has 0 aromatic heterocycles. The van der Waals surface area contributed by atoms with Crippen LogP contribution < -0.4 is 0 Å². The summed E-state index contributed by atoms with van der Waals surface area (Å²) in [4.78, 5) is 0. The molecule has 0 bridgehead atoms. The third kappa shape index (κ3) is 1.84. The van der Waals surface area contributed by atoms with Crippen molar-refractivity contribution < 1.29 is 14.7 Å². The molecule has 4 nitrogen and oxygen atoms in total. The van der Waals surface area contributed by atoms with E-state index in [1.165, 1.54) is 25.5 Å². The topological polar surface area (TPSA) is 51.1 Å². The lowest BCUT2D eigenvalue weighted by molar-refractivity contribution is -0.181. The second kappa shape index (κ2) is 3.64. The van der Waals surface area contributed by atoms with E-state index in [-0.39, 0.29) is 11.9 Å². The van der Waals surface area contributed by atoms with Crippen molar-refractivity contribution in [1.82, 2.24) is 0 Å². The summed E-state index contributed by atoms with van der Waals surface area (Å²) in [6, 6.07) is 0. The van der Waals surface area contributed by atoms with E-state index in [1.54, 1.807) is 0 Å². The summed E-state index contributed by atoms with van der Waals surface area (Å²) in [5.74, 6) is -0.357. The van der Waals surface area contributed by atoms with Crippen molar-refractivity contribution in [2.45, 2.75) is 44.0 Å². The summed E-state index contributed by atoms with van der Waals surface area (Å²) < 4.78 is 11.3. The largest absolute Gasteiger partial charge is 0.411 e. The zero-order valence-electron chi connectivity index (χ0n) is 7.61. The molecule has 4 heteroatoms. The van der Waals surface area contributed by atoms with Gasteiger partial charge in [0.05, 0.1) is 12.8 Å². The van der Waals surface area contributed by atoms with Crippen LogP contribution >= 0.6 is 0 Å². The van der Waals surface area contributed by atoms with Gasteiger partial charge in [-0.05, 0) is 12.8 Å². The van der Waals surface area contributed by atoms with Crippen molar-refractivity contribution in [3.8, 4) is 0 Å². The van der Waals surface area contributed by atoms with Crippen LogP contribution in [0.5, 0.6) is 0 Å². The van der Waals surface area contributed by atoms with E-state index >= 15 is 0 Å². The normalized spacial score (nSPS) is 33.1. The maximum Gasteiger partial charge on any atom is 0.169 e. The average molecular weight is 185 g/mol. The zero-order chi connectivity index (χ0) is 9.15. The molecule has 2 rings (SSSR count). The molecule has 13 heavy (non-hydrogen) atoms. The number of ether oxygens (including phenoxy) is 2. The fourth-order valence-corrected chi connectivity index (χ4v) is 2.08. The maximum atomic E-state index is 8.35. The summed E-state index contributed by atoms with van der Waals surface area (Å²) in [5, 5.41) is 11.3. The average Bonchev–Trinajstić information content (AvgIpc) is 2.51. The molecule has 1 N–H and O–H groups in total. The highest BCUT2D eigenvalue weighted by Crippen LogP contribution is 2.37. The predicted molar refractivity (Wildman–Crippen MR) is 46.9 cm³/mol. The molecule has 1 aliphatic carbocycles. The number of oxime groups is 1. The summed E-state index contributed by atoms with van der Waals surface area (Å²) >= 11 is 0. The van der Waals surface area contributed by atoms with Gasteiger partial charge in [-0.1, -0.05) is 11.6 Å². The van der Waals surface area contributed by atoms with Crippen LogP contribution in [0.1, 0.15) is 32.1 Å². The Kier molecular flexibility index (Phi) is 2.51. The Bertz CT molecular complexity index is 199. The van der Waals surface area contributed by atoms with Gasteiger partial charge in [0.2, 0.25) is 0 Å². The summed E-state index contributed by atoms with van der Waals surface area (Å²) in [5.41, 5.74) is 0. The Hall–Kier alpha value is -0.610. The van der Waals surface area contributed by atoms with Crippen molar-refractivity contribution in [1.29, 1.82) is 0 Å². The molecule has 2 fully saturated rings. The van der Waals surface area contributed by atoms with E-state index in [4.69, 9.17) is 14.7 Å². The minimum absolute atomic E-state index is 0.164. The van der Waals surface area contributed by atoms with Gasteiger partial charge in [0.1, 0.15) is 6.10 Å². The molecule has 2 aliphatic rings. The monoisotopic (exact) mass is 185 g/mol. The highest BCUT2D eigenvalue weighted by atomic mass is 16.7. The number of hydrogen-bond donors (Lipinski definition) is 1. The second-order valence-corrected chi connectivity index (χ2v) is 3.70. The van der Waals surface area contributed by atoms with E-state index in [2.05, 4.69) is 5.16 Å². The highest BCUT2D eigenvalue weighted by molar-refractivity contribution is 5.62. The molecule has 1 saturated heterocycles. The van der Waals surface area contributed by atoms with Crippen molar-refractivity contribution in [2.75, 3.05) is 6.61 Å². The van der Waals surface area contributed by atoms with Crippen LogP contribution in [0.3, 0.4) is 0 Å². The molecule has 1 atom stereocenters. The second-order valence-electron chi connectivity index (χ2n) is 3.70. The fourth-order valence-electron chi connectivity index (χ4n) is 2.08. The van der Waals surface area contributed by atoms with Crippen LogP contribution in [-0.2, 0) is 9.47 Å². The molecule has 1 heterocycles. The first-order valence-electron chi connectivity index (χ1n) is 4.84. The van der Waals surface area contributed by atoms with Crippen LogP contribution in [0.4, 0.5) is 0 Å². The van der Waals surface area contributed by atoms with E-state index in [9.17, 15) is 0 Å². The maximum absolute atomic E-state index is 8.35. The Morgan fingerprint density at radius 1 is 1.31 bits per heavy atom. The number of rotatable bonds is 1. The Labute approximate surface area is 77.5 Å². The first kappa shape index (κ1) is 8.97. The van der Waals surface area contributed by atoms with Gasteiger partial charge in [-0.15, -0.1) is 0 Å². The van der Waals surface area contributed by atoms with Crippen molar-refractivity contribution in [3.63, 3.8) is 0 Å². The zero-order valence-corrected chi connectivity index (χ0v) is 7.61. The minimum atomic E-state index is -0.357. The standard InChI is InChI=1S/C9H15NO3/c11-10-6-8-7-12-9(13-8)4-2-1-3-5-9/h6,8,11H,1-5,7H2/b10-6-. The van der Waals surface area contributed by atoms with Gasteiger partial charge in [-0.25, -0.2) is 0 Å². The molecule has 1 unspecified atom stereocenters. The van der Waals surface area contributed by atoms with Gasteiger partial charge in [0, 0.05) is 12.8 Å². The molecule has 0 aromatic rings. The lowest BCUT2D eigenvalue weighted by Gasteiger charge is -2.31. The predicted octanol–water partition coefficient (Wildman–Crippen LogP) is 1.52. The van der Waals surface area contributed by atoms with Crippen LogP contribution in [0.15, 0.2) is 5.16 Å². The molecular weight excluding hydrogens is 170 g/mol. The number of nitrogens with zero attached hydrogens (tertiary/aromatic N) is 1. The van der Waals surface area contributed by atoms with Crippen molar-refractivity contribution in [2.24, 2.45) is 5.16 Å². The van der Waals surface area contributed by atoms with E-state index in [0.717, 1.165) is 12.8 Å². The SMILES string of the molecule is O/N=C\C1COC2(CCCCC2)O1.